The molecule has 8 aromatic rings. The topological polar surface area (TPSA) is 14.1 Å². The first-order valence-corrected chi connectivity index (χ1v) is 20.9. The molecule has 8 aromatic carbocycles. The van der Waals surface area contributed by atoms with Crippen molar-refractivity contribution in [3.8, 4) is 33.4 Å². The van der Waals surface area contributed by atoms with Gasteiger partial charge in [-0.3, -0.25) is 0 Å². The minimum absolute atomic E-state index is 0. The van der Waals surface area contributed by atoms with Crippen LogP contribution >= 0.6 is 0 Å². The SMILES string of the molecule is C1=CCCC=C1.C[N-]c1ccc(-c2ccc(-c3ccc4c(c3)C3(c5ccccc5-4)c4ccccc4C(C)(C)c4ccccc43)c3ccccc23)cc1.Cc1ccccc1.[K+]. The van der Waals surface area contributed by atoms with Crippen molar-refractivity contribution in [1.82, 2.24) is 0 Å². The molecule has 0 atom stereocenters. The Morgan fingerprint density at radius 1 is 0.417 bits per heavy atom. The minimum atomic E-state index is -0.396. The molecule has 0 aromatic heterocycles. The average Bonchev–Trinajstić information content (AvgIpc) is 3.59. The van der Waals surface area contributed by atoms with Gasteiger partial charge in [0.05, 0.1) is 5.41 Å². The van der Waals surface area contributed by atoms with Crippen LogP contribution < -0.4 is 51.4 Å². The fraction of sp³-hybridized carbons (Fsp3) is 0.138. The molecule has 11 rings (SSSR count). The molecule has 0 heterocycles. The van der Waals surface area contributed by atoms with Gasteiger partial charge < -0.3 is 5.32 Å². The number of hydrogen-bond acceptors (Lipinski definition) is 0. The Morgan fingerprint density at radius 2 is 0.867 bits per heavy atom. The van der Waals surface area contributed by atoms with Gasteiger partial charge in [-0.15, -0.1) is 12.7 Å². The summed E-state index contributed by atoms with van der Waals surface area (Å²) in [6.45, 7) is 6.85. The van der Waals surface area contributed by atoms with Crippen LogP contribution in [0.1, 0.15) is 65.6 Å². The fourth-order valence-corrected chi connectivity index (χ4v) is 9.70. The van der Waals surface area contributed by atoms with Gasteiger partial charge in [-0.05, 0) is 103 Å². The Bertz CT molecular complexity index is 2780. The van der Waals surface area contributed by atoms with Gasteiger partial charge in [0, 0.05) is 5.41 Å². The van der Waals surface area contributed by atoms with Crippen molar-refractivity contribution in [2.75, 3.05) is 7.05 Å². The maximum atomic E-state index is 4.34. The summed E-state index contributed by atoms with van der Waals surface area (Å²) in [6.07, 6.45) is 11.0. The van der Waals surface area contributed by atoms with Crippen LogP contribution in [0.4, 0.5) is 5.69 Å². The second kappa shape index (κ2) is 17.9. The largest absolute Gasteiger partial charge is 1.00 e. The Morgan fingerprint density at radius 3 is 1.38 bits per heavy atom. The van der Waals surface area contributed by atoms with E-state index in [0.717, 1.165) is 5.69 Å². The molecule has 0 bridgehead atoms. The molecular formula is C58H50KN. The van der Waals surface area contributed by atoms with Gasteiger partial charge in [0.2, 0.25) is 0 Å². The monoisotopic (exact) mass is 799 g/mol. The van der Waals surface area contributed by atoms with E-state index in [2.05, 4.69) is 214 Å². The predicted octanol–water partition coefficient (Wildman–Crippen LogP) is 12.7. The molecule has 288 valence electrons. The fourth-order valence-electron chi connectivity index (χ4n) is 9.70. The molecule has 0 fully saturated rings. The molecular weight excluding hydrogens is 750 g/mol. The van der Waals surface area contributed by atoms with Crippen molar-refractivity contribution in [3.05, 3.63) is 251 Å². The van der Waals surface area contributed by atoms with Crippen LogP contribution in [0, 0.1) is 6.92 Å². The molecule has 0 radical (unpaired) electrons. The van der Waals surface area contributed by atoms with Crippen molar-refractivity contribution in [2.45, 2.75) is 44.4 Å². The zero-order valence-corrected chi connectivity index (χ0v) is 38.6. The number of benzene rings is 8. The zero-order chi connectivity index (χ0) is 40.4. The van der Waals surface area contributed by atoms with Gasteiger partial charge in [0.1, 0.15) is 0 Å². The van der Waals surface area contributed by atoms with Crippen LogP contribution in [0.15, 0.2) is 206 Å². The number of nitrogens with zero attached hydrogens (tertiary/aromatic N) is 1. The molecule has 1 spiro atoms. The summed E-state index contributed by atoms with van der Waals surface area (Å²) >= 11 is 0. The number of fused-ring (bicyclic) bond motifs is 10. The Labute approximate surface area is 399 Å². The Hall–Kier alpha value is -5.06. The van der Waals surface area contributed by atoms with E-state index in [-0.39, 0.29) is 56.8 Å². The number of rotatable bonds is 3. The third kappa shape index (κ3) is 7.40. The molecule has 3 aliphatic carbocycles. The summed E-state index contributed by atoms with van der Waals surface area (Å²) in [5, 5.41) is 6.86. The van der Waals surface area contributed by atoms with E-state index in [1.165, 1.54) is 95.9 Å². The molecule has 2 heteroatoms. The summed E-state index contributed by atoms with van der Waals surface area (Å²) < 4.78 is 0. The van der Waals surface area contributed by atoms with E-state index in [9.17, 15) is 0 Å². The summed E-state index contributed by atoms with van der Waals surface area (Å²) in [5.41, 5.74) is 17.7. The first-order chi connectivity index (χ1) is 28.9. The standard InChI is InChI=1S/C45H34N.C7H8.C6H8.K/c1-44(2)39-16-8-10-18-41(39)45(42-19-11-9-17-40(42)44)38-15-7-6-14-36(38)37-25-22-30(28-43(37)45)33-27-26-32(34-12-4-5-13-35(33)34)29-20-23-31(46-3)24-21-29;1-7-5-3-2-4-6-7;1-2-4-6-5-3-1;/h4-28H,1-3H3;2-6H,1H3;1-4H,5-6H2;/q-1;;;+1. The summed E-state index contributed by atoms with van der Waals surface area (Å²) in [5.74, 6) is 0. The molecule has 3 aliphatic rings. The second-order valence-corrected chi connectivity index (χ2v) is 16.3. The molecule has 0 amide bonds. The van der Waals surface area contributed by atoms with E-state index in [1.807, 2.05) is 25.2 Å². The smallest absolute Gasteiger partial charge is 0.687 e. The minimum Gasteiger partial charge on any atom is -0.687 e. The van der Waals surface area contributed by atoms with Crippen molar-refractivity contribution >= 4 is 16.5 Å². The molecule has 0 saturated carbocycles. The summed E-state index contributed by atoms with van der Waals surface area (Å²) in [6, 6.07) is 66.9. The molecule has 0 saturated heterocycles. The molecule has 0 aliphatic heterocycles. The number of hydrogen-bond donors (Lipinski definition) is 0. The van der Waals surface area contributed by atoms with Crippen molar-refractivity contribution in [2.24, 2.45) is 0 Å². The Kier molecular flexibility index (Phi) is 12.4. The first kappa shape index (κ1) is 41.7. The van der Waals surface area contributed by atoms with Crippen LogP contribution in [0.3, 0.4) is 0 Å². The van der Waals surface area contributed by atoms with E-state index >= 15 is 0 Å². The third-order valence-corrected chi connectivity index (χ3v) is 12.5. The maximum absolute atomic E-state index is 4.34. The average molecular weight is 800 g/mol. The molecule has 0 unspecified atom stereocenters. The first-order valence-electron chi connectivity index (χ1n) is 20.9. The van der Waals surface area contributed by atoms with Crippen molar-refractivity contribution in [1.29, 1.82) is 0 Å². The van der Waals surface area contributed by atoms with Crippen LogP contribution in [-0.4, -0.2) is 7.05 Å². The van der Waals surface area contributed by atoms with Gasteiger partial charge in [0.25, 0.3) is 0 Å². The summed E-state index contributed by atoms with van der Waals surface area (Å²) in [4.78, 5) is 0. The van der Waals surface area contributed by atoms with Crippen LogP contribution in [0.2, 0.25) is 0 Å². The van der Waals surface area contributed by atoms with E-state index in [4.69, 9.17) is 0 Å². The van der Waals surface area contributed by atoms with Gasteiger partial charge in [-0.1, -0.05) is 220 Å². The molecule has 1 nitrogen and oxygen atoms in total. The van der Waals surface area contributed by atoms with Crippen LogP contribution in [0.5, 0.6) is 0 Å². The number of allylic oxidation sites excluding steroid dienone is 4. The number of aryl methyl sites for hydroxylation is 1. The molecule has 60 heavy (non-hydrogen) atoms. The van der Waals surface area contributed by atoms with Gasteiger partial charge in [0.15, 0.2) is 0 Å². The normalized spacial score (nSPS) is 14.2. The zero-order valence-electron chi connectivity index (χ0n) is 35.5. The quantitative estimate of drug-likeness (QED) is 0.158. The molecule has 0 N–H and O–H groups in total. The van der Waals surface area contributed by atoms with Gasteiger partial charge >= 0.3 is 51.4 Å². The van der Waals surface area contributed by atoms with Crippen molar-refractivity contribution in [3.63, 3.8) is 0 Å². The maximum Gasteiger partial charge on any atom is 1.00 e. The Balaban J connectivity index is 0.000000305. The van der Waals surface area contributed by atoms with Crippen molar-refractivity contribution < 1.29 is 51.4 Å². The van der Waals surface area contributed by atoms with E-state index < -0.39 is 5.41 Å². The predicted molar refractivity (Wildman–Crippen MR) is 252 cm³/mol. The van der Waals surface area contributed by atoms with Crippen LogP contribution in [0.25, 0.3) is 49.5 Å². The van der Waals surface area contributed by atoms with Crippen LogP contribution in [-0.2, 0) is 10.8 Å². The van der Waals surface area contributed by atoms with Gasteiger partial charge in [-0.2, -0.15) is 0 Å². The third-order valence-electron chi connectivity index (χ3n) is 12.5. The summed E-state index contributed by atoms with van der Waals surface area (Å²) in [7, 11) is 1.84. The second-order valence-electron chi connectivity index (χ2n) is 16.3. The van der Waals surface area contributed by atoms with E-state index in [1.54, 1.807) is 0 Å². The van der Waals surface area contributed by atoms with Gasteiger partial charge in [-0.25, -0.2) is 0 Å². The van der Waals surface area contributed by atoms with E-state index in [0.29, 0.717) is 0 Å².